The number of carbonyl (C=O) groups excluding carboxylic acids is 1. The van der Waals surface area contributed by atoms with Gasteiger partial charge in [-0.1, -0.05) is 71.6 Å². The number of methoxy groups -OCH3 is 1. The normalized spacial score (nSPS) is 12.4. The molecule has 0 fully saturated rings. The van der Waals surface area contributed by atoms with Gasteiger partial charge in [0.05, 0.1) is 7.11 Å². The number of hydrogen-bond acceptors (Lipinski definition) is 2. The second kappa shape index (κ2) is 12.9. The summed E-state index contributed by atoms with van der Waals surface area (Å²) in [5, 5.41) is 0. The molecule has 0 N–H and O–H groups in total. The molecule has 1 unspecified atom stereocenters. The van der Waals surface area contributed by atoms with E-state index in [4.69, 9.17) is 0 Å². The Labute approximate surface area is 113 Å². The third-order valence-corrected chi connectivity index (χ3v) is 3.61. The Hall–Kier alpha value is -0.530. The van der Waals surface area contributed by atoms with Crippen molar-refractivity contribution >= 4 is 5.97 Å². The summed E-state index contributed by atoms with van der Waals surface area (Å²) in [6, 6.07) is 0. The lowest BCUT2D eigenvalue weighted by Crippen LogP contribution is -2.00. The summed E-state index contributed by atoms with van der Waals surface area (Å²) in [7, 11) is 1.46. The number of rotatable bonds is 12. The average Bonchev–Trinajstić information content (AvgIpc) is 2.38. The van der Waals surface area contributed by atoms with Gasteiger partial charge in [0.15, 0.2) is 0 Å². The molecular weight excluding hydrogens is 224 g/mol. The van der Waals surface area contributed by atoms with Crippen molar-refractivity contribution in [1.29, 1.82) is 0 Å². The van der Waals surface area contributed by atoms with Gasteiger partial charge in [0, 0.05) is 6.42 Å². The molecule has 0 aromatic rings. The van der Waals surface area contributed by atoms with Crippen LogP contribution in [0.3, 0.4) is 0 Å². The maximum Gasteiger partial charge on any atom is 0.305 e. The van der Waals surface area contributed by atoms with Gasteiger partial charge in [-0.25, -0.2) is 0 Å². The highest BCUT2D eigenvalue weighted by Crippen LogP contribution is 2.17. The maximum absolute atomic E-state index is 10.9. The Bertz CT molecular complexity index is 190. The number of ether oxygens (including phenoxy) is 1. The zero-order valence-corrected chi connectivity index (χ0v) is 12.7. The number of carbonyl (C=O) groups is 1. The molecule has 2 heteroatoms. The number of unbranched alkanes of at least 4 members (excludes halogenated alkanes) is 6. The SMILES string of the molecule is CCCCCCCCC(C)CCCCC(=O)OC. The van der Waals surface area contributed by atoms with Crippen molar-refractivity contribution in [2.45, 2.75) is 84.5 Å². The highest BCUT2D eigenvalue weighted by Gasteiger charge is 2.04. The summed E-state index contributed by atoms with van der Waals surface area (Å²) in [6.07, 6.45) is 13.6. The largest absolute Gasteiger partial charge is 0.469 e. The molecule has 0 aliphatic carbocycles. The van der Waals surface area contributed by atoms with E-state index in [0.29, 0.717) is 6.42 Å². The fourth-order valence-corrected chi connectivity index (χ4v) is 2.28. The zero-order chi connectivity index (χ0) is 13.6. The third-order valence-electron chi connectivity index (χ3n) is 3.61. The molecule has 108 valence electrons. The van der Waals surface area contributed by atoms with Crippen LogP contribution in [0.15, 0.2) is 0 Å². The van der Waals surface area contributed by atoms with Crippen molar-refractivity contribution in [2.24, 2.45) is 5.92 Å². The van der Waals surface area contributed by atoms with E-state index in [0.717, 1.165) is 18.8 Å². The van der Waals surface area contributed by atoms with Crippen LogP contribution in [0.5, 0.6) is 0 Å². The van der Waals surface area contributed by atoms with Crippen LogP contribution in [0.2, 0.25) is 0 Å². The summed E-state index contributed by atoms with van der Waals surface area (Å²) in [4.78, 5) is 10.9. The van der Waals surface area contributed by atoms with Crippen molar-refractivity contribution in [3.05, 3.63) is 0 Å². The van der Waals surface area contributed by atoms with Gasteiger partial charge in [0.25, 0.3) is 0 Å². The van der Waals surface area contributed by atoms with Crippen LogP contribution < -0.4 is 0 Å². The van der Waals surface area contributed by atoms with Gasteiger partial charge in [-0.2, -0.15) is 0 Å². The molecule has 0 saturated carbocycles. The van der Waals surface area contributed by atoms with Crippen molar-refractivity contribution in [2.75, 3.05) is 7.11 Å². The molecule has 0 rings (SSSR count). The first kappa shape index (κ1) is 17.5. The molecule has 0 bridgehead atoms. The molecule has 0 aliphatic heterocycles. The van der Waals surface area contributed by atoms with E-state index >= 15 is 0 Å². The zero-order valence-electron chi connectivity index (χ0n) is 12.7. The lowest BCUT2D eigenvalue weighted by atomic mass is 9.96. The summed E-state index contributed by atoms with van der Waals surface area (Å²) in [6.45, 7) is 4.60. The molecule has 0 radical (unpaired) electrons. The third kappa shape index (κ3) is 11.9. The van der Waals surface area contributed by atoms with E-state index in [9.17, 15) is 4.79 Å². The molecular formula is C16H32O2. The fourth-order valence-electron chi connectivity index (χ4n) is 2.28. The quantitative estimate of drug-likeness (QED) is 0.358. The van der Waals surface area contributed by atoms with Crippen LogP contribution in [-0.2, 0) is 9.53 Å². The molecule has 2 nitrogen and oxygen atoms in total. The Morgan fingerprint density at radius 2 is 1.50 bits per heavy atom. The van der Waals surface area contributed by atoms with Gasteiger partial charge in [-0.3, -0.25) is 4.79 Å². The van der Waals surface area contributed by atoms with Crippen LogP contribution in [0, 0.1) is 5.92 Å². The standard InChI is InChI=1S/C16H32O2/c1-4-5-6-7-8-9-12-15(2)13-10-11-14-16(17)18-3/h15H,4-14H2,1-3H3. The van der Waals surface area contributed by atoms with Crippen LogP contribution in [0.1, 0.15) is 84.5 Å². The Kier molecular flexibility index (Phi) is 12.5. The van der Waals surface area contributed by atoms with E-state index in [2.05, 4.69) is 18.6 Å². The van der Waals surface area contributed by atoms with E-state index in [1.807, 2.05) is 0 Å². The van der Waals surface area contributed by atoms with Gasteiger partial charge in [0.2, 0.25) is 0 Å². The molecule has 0 aromatic heterocycles. The summed E-state index contributed by atoms with van der Waals surface area (Å²) < 4.78 is 4.63. The van der Waals surface area contributed by atoms with Gasteiger partial charge < -0.3 is 4.74 Å². The van der Waals surface area contributed by atoms with E-state index < -0.39 is 0 Å². The predicted octanol–water partition coefficient (Wildman–Crippen LogP) is 5.11. The van der Waals surface area contributed by atoms with Crippen LogP contribution >= 0.6 is 0 Å². The van der Waals surface area contributed by atoms with Crippen LogP contribution in [0.25, 0.3) is 0 Å². The lowest BCUT2D eigenvalue weighted by molar-refractivity contribution is -0.140. The van der Waals surface area contributed by atoms with Crippen molar-refractivity contribution in [3.8, 4) is 0 Å². The predicted molar refractivity (Wildman–Crippen MR) is 77.6 cm³/mol. The minimum atomic E-state index is -0.0708. The highest BCUT2D eigenvalue weighted by atomic mass is 16.5. The molecule has 0 spiro atoms. The summed E-state index contributed by atoms with van der Waals surface area (Å²) >= 11 is 0. The fraction of sp³-hybridized carbons (Fsp3) is 0.938. The second-order valence-electron chi connectivity index (χ2n) is 5.48. The second-order valence-corrected chi connectivity index (χ2v) is 5.48. The van der Waals surface area contributed by atoms with Crippen molar-refractivity contribution in [3.63, 3.8) is 0 Å². The number of esters is 1. The van der Waals surface area contributed by atoms with Crippen LogP contribution in [-0.4, -0.2) is 13.1 Å². The van der Waals surface area contributed by atoms with E-state index in [-0.39, 0.29) is 5.97 Å². The monoisotopic (exact) mass is 256 g/mol. The molecule has 0 aromatic carbocycles. The van der Waals surface area contributed by atoms with E-state index in [1.54, 1.807) is 0 Å². The van der Waals surface area contributed by atoms with Crippen molar-refractivity contribution in [1.82, 2.24) is 0 Å². The van der Waals surface area contributed by atoms with Crippen LogP contribution in [0.4, 0.5) is 0 Å². The summed E-state index contributed by atoms with van der Waals surface area (Å²) in [5.74, 6) is 0.743. The van der Waals surface area contributed by atoms with Gasteiger partial charge in [-0.05, 0) is 12.3 Å². The Balaban J connectivity index is 3.22. The minimum absolute atomic E-state index is 0.0708. The molecule has 18 heavy (non-hydrogen) atoms. The minimum Gasteiger partial charge on any atom is -0.469 e. The lowest BCUT2D eigenvalue weighted by Gasteiger charge is -2.10. The van der Waals surface area contributed by atoms with Crippen molar-refractivity contribution < 1.29 is 9.53 Å². The van der Waals surface area contributed by atoms with Gasteiger partial charge in [0.1, 0.15) is 0 Å². The molecule has 0 saturated heterocycles. The topological polar surface area (TPSA) is 26.3 Å². The first-order valence-electron chi connectivity index (χ1n) is 7.77. The number of hydrogen-bond donors (Lipinski definition) is 0. The highest BCUT2D eigenvalue weighted by molar-refractivity contribution is 5.68. The first-order valence-corrected chi connectivity index (χ1v) is 7.77. The first-order chi connectivity index (χ1) is 8.70. The van der Waals surface area contributed by atoms with E-state index in [1.165, 1.54) is 58.5 Å². The maximum atomic E-state index is 10.9. The molecule has 0 aliphatic rings. The van der Waals surface area contributed by atoms with Gasteiger partial charge in [-0.15, -0.1) is 0 Å². The van der Waals surface area contributed by atoms with Gasteiger partial charge >= 0.3 is 5.97 Å². The summed E-state index contributed by atoms with van der Waals surface area (Å²) in [5.41, 5.74) is 0. The molecule has 0 heterocycles. The average molecular weight is 256 g/mol. The smallest absolute Gasteiger partial charge is 0.305 e. The Morgan fingerprint density at radius 3 is 2.11 bits per heavy atom. The Morgan fingerprint density at radius 1 is 0.944 bits per heavy atom. The molecule has 1 atom stereocenters. The molecule has 0 amide bonds.